The topological polar surface area (TPSA) is 84.9 Å². The third-order valence-corrected chi connectivity index (χ3v) is 5.85. The number of ether oxygens (including phenoxy) is 2. The van der Waals surface area contributed by atoms with Crippen molar-refractivity contribution in [1.82, 2.24) is 4.31 Å². The fraction of sp³-hybridized carbons (Fsp3) is 0.438. The van der Waals surface area contributed by atoms with Gasteiger partial charge in [0.15, 0.2) is 0 Å². The highest BCUT2D eigenvalue weighted by atomic mass is 79.9. The van der Waals surface area contributed by atoms with E-state index in [1.54, 1.807) is 12.1 Å². The Hall–Kier alpha value is -1.58. The predicted molar refractivity (Wildman–Crippen MR) is 98.0 cm³/mol. The standard InChI is InChI=1S/C16H20N2O5S.BrH/c19-16(15-12-22-10-11-23-15)17-13-4-6-14(7-5-13)24(20,21)18-8-2-1-3-9-18;/h4-7,12H,1-3,8-11H2,(H,17,19);1H. The van der Waals surface area contributed by atoms with Crippen LogP contribution in [0.2, 0.25) is 0 Å². The molecule has 2 heterocycles. The van der Waals surface area contributed by atoms with Crippen LogP contribution in [0.5, 0.6) is 0 Å². The summed E-state index contributed by atoms with van der Waals surface area (Å²) < 4.78 is 36.9. The summed E-state index contributed by atoms with van der Waals surface area (Å²) >= 11 is 0. The number of hydrogen-bond acceptors (Lipinski definition) is 5. The largest absolute Gasteiger partial charge is 0.494 e. The molecular formula is C16H21BrN2O5S. The lowest BCUT2D eigenvalue weighted by Crippen LogP contribution is -2.35. The van der Waals surface area contributed by atoms with Gasteiger partial charge in [-0.05, 0) is 37.1 Å². The Morgan fingerprint density at radius 3 is 2.32 bits per heavy atom. The number of sulfonamides is 1. The number of hydrogen-bond donors (Lipinski definition) is 1. The van der Waals surface area contributed by atoms with Crippen LogP contribution >= 0.6 is 17.0 Å². The summed E-state index contributed by atoms with van der Waals surface area (Å²) in [6.07, 6.45) is 4.13. The smallest absolute Gasteiger partial charge is 0.294 e. The Bertz CT molecular complexity index is 727. The van der Waals surface area contributed by atoms with Gasteiger partial charge in [-0.2, -0.15) is 4.31 Å². The lowest BCUT2D eigenvalue weighted by molar-refractivity contribution is -0.117. The average molecular weight is 433 g/mol. The van der Waals surface area contributed by atoms with E-state index in [1.165, 1.54) is 22.7 Å². The summed E-state index contributed by atoms with van der Waals surface area (Å²) in [5.74, 6) is -0.326. The Morgan fingerprint density at radius 1 is 1.04 bits per heavy atom. The van der Waals surface area contributed by atoms with Gasteiger partial charge in [-0.3, -0.25) is 4.79 Å². The van der Waals surface area contributed by atoms with E-state index in [0.29, 0.717) is 32.0 Å². The molecule has 1 aromatic carbocycles. The van der Waals surface area contributed by atoms with E-state index < -0.39 is 15.9 Å². The fourth-order valence-corrected chi connectivity index (χ4v) is 4.16. The quantitative estimate of drug-likeness (QED) is 0.788. The molecule has 1 amide bonds. The van der Waals surface area contributed by atoms with Crippen molar-refractivity contribution in [1.29, 1.82) is 0 Å². The molecule has 0 radical (unpaired) electrons. The predicted octanol–water partition coefficient (Wildman–Crippen LogP) is 2.27. The maximum Gasteiger partial charge on any atom is 0.294 e. The third-order valence-electron chi connectivity index (χ3n) is 3.94. The first kappa shape index (κ1) is 19.7. The SMILES string of the molecule is Br.O=C(Nc1ccc(S(=O)(=O)N2CCCCC2)cc1)C1=COCCO1. The van der Waals surface area contributed by atoms with Crippen LogP contribution in [0, 0.1) is 0 Å². The van der Waals surface area contributed by atoms with Crippen LogP contribution in [-0.2, 0) is 24.3 Å². The van der Waals surface area contributed by atoms with Crippen molar-refractivity contribution in [2.75, 3.05) is 31.6 Å². The van der Waals surface area contributed by atoms with Crippen LogP contribution in [0.3, 0.4) is 0 Å². The summed E-state index contributed by atoms with van der Waals surface area (Å²) in [7, 11) is -3.46. The molecule has 0 aromatic heterocycles. The minimum atomic E-state index is -3.46. The number of halogens is 1. The van der Waals surface area contributed by atoms with Crippen LogP contribution in [0.4, 0.5) is 5.69 Å². The van der Waals surface area contributed by atoms with Gasteiger partial charge in [0.05, 0.1) is 4.90 Å². The highest BCUT2D eigenvalue weighted by molar-refractivity contribution is 8.93. The minimum Gasteiger partial charge on any atom is -0.494 e. The zero-order valence-electron chi connectivity index (χ0n) is 13.6. The highest BCUT2D eigenvalue weighted by Gasteiger charge is 2.25. The maximum atomic E-state index is 12.6. The Kier molecular flexibility index (Phi) is 6.86. The normalized spacial score (nSPS) is 18.2. The van der Waals surface area contributed by atoms with E-state index in [4.69, 9.17) is 9.47 Å². The van der Waals surface area contributed by atoms with Crippen LogP contribution < -0.4 is 5.32 Å². The number of piperidine rings is 1. The summed E-state index contributed by atoms with van der Waals surface area (Å²) in [5.41, 5.74) is 0.493. The zero-order valence-corrected chi connectivity index (χ0v) is 16.2. The molecule has 1 saturated heterocycles. The van der Waals surface area contributed by atoms with Gasteiger partial charge >= 0.3 is 0 Å². The monoisotopic (exact) mass is 432 g/mol. The average Bonchev–Trinajstić information content (AvgIpc) is 2.63. The number of rotatable bonds is 4. The first-order chi connectivity index (χ1) is 11.6. The van der Waals surface area contributed by atoms with Gasteiger partial charge in [-0.25, -0.2) is 8.42 Å². The summed E-state index contributed by atoms with van der Waals surface area (Å²) in [6, 6.07) is 6.15. The molecule has 0 aliphatic carbocycles. The van der Waals surface area contributed by atoms with E-state index in [1.807, 2.05) is 0 Å². The minimum absolute atomic E-state index is 0. The van der Waals surface area contributed by atoms with Crippen molar-refractivity contribution in [3.05, 3.63) is 36.3 Å². The number of benzene rings is 1. The van der Waals surface area contributed by atoms with Crippen molar-refractivity contribution in [3.8, 4) is 0 Å². The molecule has 9 heteroatoms. The van der Waals surface area contributed by atoms with E-state index in [2.05, 4.69) is 5.32 Å². The van der Waals surface area contributed by atoms with Gasteiger partial charge < -0.3 is 14.8 Å². The molecule has 3 rings (SSSR count). The summed E-state index contributed by atoms with van der Waals surface area (Å²) in [6.45, 7) is 1.87. The Balaban J connectivity index is 0.00000225. The molecule has 0 spiro atoms. The summed E-state index contributed by atoms with van der Waals surface area (Å²) in [5, 5.41) is 2.65. The molecule has 7 nitrogen and oxygen atoms in total. The van der Waals surface area contributed by atoms with E-state index in [9.17, 15) is 13.2 Å². The molecule has 138 valence electrons. The van der Waals surface area contributed by atoms with Crippen molar-refractivity contribution >= 4 is 38.6 Å². The molecule has 1 aromatic rings. The molecular weight excluding hydrogens is 412 g/mol. The molecule has 2 aliphatic heterocycles. The number of nitrogens with zero attached hydrogens (tertiary/aromatic N) is 1. The molecule has 1 fully saturated rings. The van der Waals surface area contributed by atoms with E-state index in [-0.39, 0.29) is 27.6 Å². The van der Waals surface area contributed by atoms with Crippen molar-refractivity contribution in [2.24, 2.45) is 0 Å². The molecule has 0 saturated carbocycles. The lowest BCUT2D eigenvalue weighted by Gasteiger charge is -2.25. The van der Waals surface area contributed by atoms with Gasteiger partial charge in [-0.1, -0.05) is 6.42 Å². The van der Waals surface area contributed by atoms with Crippen LogP contribution in [-0.4, -0.2) is 44.9 Å². The van der Waals surface area contributed by atoms with Crippen LogP contribution in [0.25, 0.3) is 0 Å². The van der Waals surface area contributed by atoms with Crippen molar-refractivity contribution < 1.29 is 22.7 Å². The van der Waals surface area contributed by atoms with E-state index >= 15 is 0 Å². The number of carbonyl (C=O) groups excluding carboxylic acids is 1. The Morgan fingerprint density at radius 2 is 1.72 bits per heavy atom. The lowest BCUT2D eigenvalue weighted by atomic mass is 10.2. The first-order valence-electron chi connectivity index (χ1n) is 7.93. The first-order valence-corrected chi connectivity index (χ1v) is 9.37. The van der Waals surface area contributed by atoms with Gasteiger partial charge in [0.1, 0.15) is 19.5 Å². The molecule has 0 unspecified atom stereocenters. The van der Waals surface area contributed by atoms with Crippen LogP contribution in [0.1, 0.15) is 19.3 Å². The number of carbonyl (C=O) groups is 1. The molecule has 25 heavy (non-hydrogen) atoms. The van der Waals surface area contributed by atoms with Gasteiger partial charge in [0.25, 0.3) is 5.91 Å². The fourth-order valence-electron chi connectivity index (χ4n) is 2.64. The van der Waals surface area contributed by atoms with Gasteiger partial charge in [0, 0.05) is 18.8 Å². The van der Waals surface area contributed by atoms with Gasteiger partial charge in [0.2, 0.25) is 15.8 Å². The second-order valence-corrected chi connectivity index (χ2v) is 7.58. The maximum absolute atomic E-state index is 12.6. The molecule has 0 bridgehead atoms. The number of anilines is 1. The molecule has 2 aliphatic rings. The highest BCUT2D eigenvalue weighted by Crippen LogP contribution is 2.22. The number of nitrogens with one attached hydrogen (secondary N) is 1. The Labute approximate surface area is 157 Å². The second-order valence-electron chi connectivity index (χ2n) is 5.64. The van der Waals surface area contributed by atoms with Gasteiger partial charge in [-0.15, -0.1) is 17.0 Å². The summed E-state index contributed by atoms with van der Waals surface area (Å²) in [4.78, 5) is 12.2. The zero-order chi connectivity index (χ0) is 17.0. The van der Waals surface area contributed by atoms with E-state index in [0.717, 1.165) is 19.3 Å². The molecule has 0 atom stereocenters. The van der Waals surface area contributed by atoms with Crippen LogP contribution in [0.15, 0.2) is 41.2 Å². The number of amides is 1. The van der Waals surface area contributed by atoms with Crippen molar-refractivity contribution in [2.45, 2.75) is 24.2 Å². The third kappa shape index (κ3) is 4.74. The van der Waals surface area contributed by atoms with Crippen molar-refractivity contribution in [3.63, 3.8) is 0 Å². The second kappa shape index (κ2) is 8.68. The molecule has 1 N–H and O–H groups in total.